The second-order valence-electron chi connectivity index (χ2n) is 5.89. The number of pyridine rings is 2. The van der Waals surface area contributed by atoms with Gasteiger partial charge in [-0.05, 0) is 44.0 Å². The molecule has 3 heterocycles. The van der Waals surface area contributed by atoms with Gasteiger partial charge in [-0.1, -0.05) is 6.07 Å². The predicted octanol–water partition coefficient (Wildman–Crippen LogP) is 2.06. The summed E-state index contributed by atoms with van der Waals surface area (Å²) in [5.74, 6) is 0.604. The summed E-state index contributed by atoms with van der Waals surface area (Å²) >= 11 is 0. The van der Waals surface area contributed by atoms with Gasteiger partial charge in [0.05, 0.1) is 5.56 Å². The van der Waals surface area contributed by atoms with Gasteiger partial charge in [0.2, 0.25) is 0 Å². The van der Waals surface area contributed by atoms with Crippen LogP contribution in [0.5, 0.6) is 0 Å². The Labute approximate surface area is 141 Å². The summed E-state index contributed by atoms with van der Waals surface area (Å²) in [5.41, 5.74) is 1.93. The van der Waals surface area contributed by atoms with E-state index in [1.807, 2.05) is 19.1 Å². The smallest absolute Gasteiger partial charge is 0.270 e. The molecule has 0 aromatic carbocycles. The van der Waals surface area contributed by atoms with Crippen molar-refractivity contribution in [2.75, 3.05) is 18.0 Å². The highest BCUT2D eigenvalue weighted by molar-refractivity contribution is 5.92. The molecular weight excluding hydrogens is 302 g/mol. The van der Waals surface area contributed by atoms with Crippen molar-refractivity contribution in [3.63, 3.8) is 0 Å². The van der Waals surface area contributed by atoms with Crippen LogP contribution in [0, 0.1) is 18.3 Å². The molecule has 0 unspecified atom stereocenters. The van der Waals surface area contributed by atoms with Gasteiger partial charge >= 0.3 is 0 Å². The lowest BCUT2D eigenvalue weighted by Gasteiger charge is -2.33. The van der Waals surface area contributed by atoms with Crippen molar-refractivity contribution in [3.05, 3.63) is 53.5 Å². The minimum absolute atomic E-state index is 0.117. The van der Waals surface area contributed by atoms with Gasteiger partial charge in [0.25, 0.3) is 5.91 Å². The molecule has 3 rings (SSSR count). The molecule has 1 saturated heterocycles. The molecule has 1 N–H and O–H groups in total. The normalized spacial score (nSPS) is 14.9. The maximum atomic E-state index is 12.2. The van der Waals surface area contributed by atoms with Crippen molar-refractivity contribution >= 4 is 11.7 Å². The standard InChI is InChI=1S/C18H19N5O/c1-13-5-6-14(12-19)17(21-13)23-10-7-15(8-11-23)22-18(24)16-4-2-3-9-20-16/h2-6,9,15H,7-8,10-11H2,1H3,(H,22,24). The van der Waals surface area contributed by atoms with E-state index in [0.29, 0.717) is 11.3 Å². The van der Waals surface area contributed by atoms with Crippen LogP contribution in [0.15, 0.2) is 36.5 Å². The van der Waals surface area contributed by atoms with E-state index in [0.717, 1.165) is 37.4 Å². The first-order valence-electron chi connectivity index (χ1n) is 8.02. The quantitative estimate of drug-likeness (QED) is 0.935. The van der Waals surface area contributed by atoms with Crippen molar-refractivity contribution in [1.82, 2.24) is 15.3 Å². The Hall–Kier alpha value is -2.94. The van der Waals surface area contributed by atoms with E-state index in [1.54, 1.807) is 24.4 Å². The Morgan fingerprint density at radius 1 is 1.29 bits per heavy atom. The van der Waals surface area contributed by atoms with E-state index >= 15 is 0 Å². The molecule has 1 aliphatic heterocycles. The van der Waals surface area contributed by atoms with E-state index in [2.05, 4.69) is 26.3 Å². The number of carbonyl (C=O) groups excluding carboxylic acids is 1. The number of carbonyl (C=O) groups is 1. The van der Waals surface area contributed by atoms with E-state index in [9.17, 15) is 10.1 Å². The fourth-order valence-corrected chi connectivity index (χ4v) is 2.86. The molecule has 0 aliphatic carbocycles. The summed E-state index contributed by atoms with van der Waals surface area (Å²) in [6, 6.07) is 11.3. The number of hydrogen-bond donors (Lipinski definition) is 1. The van der Waals surface area contributed by atoms with Crippen molar-refractivity contribution in [2.24, 2.45) is 0 Å². The minimum Gasteiger partial charge on any atom is -0.355 e. The maximum absolute atomic E-state index is 12.2. The zero-order chi connectivity index (χ0) is 16.9. The van der Waals surface area contributed by atoms with E-state index < -0.39 is 0 Å². The number of nitrogens with one attached hydrogen (secondary N) is 1. The first-order valence-corrected chi connectivity index (χ1v) is 8.02. The third-order valence-corrected chi connectivity index (χ3v) is 4.16. The molecule has 2 aromatic heterocycles. The van der Waals surface area contributed by atoms with Crippen molar-refractivity contribution in [1.29, 1.82) is 5.26 Å². The highest BCUT2D eigenvalue weighted by atomic mass is 16.1. The molecule has 6 nitrogen and oxygen atoms in total. The molecule has 1 fully saturated rings. The first-order chi connectivity index (χ1) is 11.7. The Balaban J connectivity index is 1.61. The average Bonchev–Trinajstić information content (AvgIpc) is 2.63. The molecule has 1 amide bonds. The molecule has 0 spiro atoms. The summed E-state index contributed by atoms with van der Waals surface area (Å²) in [7, 11) is 0. The summed E-state index contributed by atoms with van der Waals surface area (Å²) in [5, 5.41) is 12.3. The van der Waals surface area contributed by atoms with Crippen LogP contribution in [0.25, 0.3) is 0 Å². The molecule has 122 valence electrons. The maximum Gasteiger partial charge on any atom is 0.270 e. The lowest BCUT2D eigenvalue weighted by molar-refractivity contribution is 0.0926. The van der Waals surface area contributed by atoms with Crippen molar-refractivity contribution in [2.45, 2.75) is 25.8 Å². The van der Waals surface area contributed by atoms with Crippen LogP contribution < -0.4 is 10.2 Å². The number of piperidine rings is 1. The summed E-state index contributed by atoms with van der Waals surface area (Å²) in [6.45, 7) is 3.45. The van der Waals surface area contributed by atoms with Gasteiger partial charge in [0.15, 0.2) is 0 Å². The van der Waals surface area contributed by atoms with Crippen LogP contribution in [-0.4, -0.2) is 35.0 Å². The zero-order valence-electron chi connectivity index (χ0n) is 13.6. The molecule has 0 atom stereocenters. The highest BCUT2D eigenvalue weighted by Gasteiger charge is 2.23. The van der Waals surface area contributed by atoms with Crippen molar-refractivity contribution < 1.29 is 4.79 Å². The number of amides is 1. The SMILES string of the molecule is Cc1ccc(C#N)c(N2CCC(NC(=O)c3ccccn3)CC2)n1. The monoisotopic (exact) mass is 321 g/mol. The van der Waals surface area contributed by atoms with Crippen LogP contribution in [0.1, 0.15) is 34.6 Å². The summed E-state index contributed by atoms with van der Waals surface area (Å²) < 4.78 is 0. The Morgan fingerprint density at radius 2 is 2.08 bits per heavy atom. The van der Waals surface area contributed by atoms with Gasteiger partial charge in [-0.25, -0.2) is 4.98 Å². The van der Waals surface area contributed by atoms with Gasteiger partial charge in [-0.3, -0.25) is 9.78 Å². The van der Waals surface area contributed by atoms with Crippen LogP contribution in [0.2, 0.25) is 0 Å². The number of aromatic nitrogens is 2. The second kappa shape index (κ2) is 7.09. The molecule has 0 radical (unpaired) electrons. The molecule has 24 heavy (non-hydrogen) atoms. The predicted molar refractivity (Wildman–Crippen MR) is 90.6 cm³/mol. The Kier molecular flexibility index (Phi) is 4.71. The molecule has 0 bridgehead atoms. The van der Waals surface area contributed by atoms with Crippen LogP contribution in [0.4, 0.5) is 5.82 Å². The molecule has 1 aliphatic rings. The number of aryl methyl sites for hydroxylation is 1. The molecule has 0 saturated carbocycles. The van der Waals surface area contributed by atoms with E-state index in [1.165, 1.54) is 0 Å². The van der Waals surface area contributed by atoms with E-state index in [4.69, 9.17) is 0 Å². The largest absolute Gasteiger partial charge is 0.355 e. The number of nitrogens with zero attached hydrogens (tertiary/aromatic N) is 4. The highest BCUT2D eigenvalue weighted by Crippen LogP contribution is 2.22. The fraction of sp³-hybridized carbons (Fsp3) is 0.333. The van der Waals surface area contributed by atoms with Crippen LogP contribution in [-0.2, 0) is 0 Å². The van der Waals surface area contributed by atoms with Gasteiger partial charge in [-0.2, -0.15) is 5.26 Å². The first kappa shape index (κ1) is 15.9. The van der Waals surface area contributed by atoms with Crippen molar-refractivity contribution in [3.8, 4) is 6.07 Å². The molecule has 6 heteroatoms. The lowest BCUT2D eigenvalue weighted by Crippen LogP contribution is -2.45. The second-order valence-corrected chi connectivity index (χ2v) is 5.89. The molecule has 2 aromatic rings. The minimum atomic E-state index is -0.138. The Bertz CT molecular complexity index is 761. The van der Waals surface area contributed by atoms with Gasteiger partial charge in [0, 0.05) is 31.0 Å². The summed E-state index contributed by atoms with van der Waals surface area (Å²) in [4.78, 5) is 22.9. The third kappa shape index (κ3) is 3.51. The topological polar surface area (TPSA) is 81.9 Å². The average molecular weight is 321 g/mol. The number of anilines is 1. The van der Waals surface area contributed by atoms with Gasteiger partial charge in [0.1, 0.15) is 17.6 Å². The number of nitriles is 1. The molecular formula is C18H19N5O. The van der Waals surface area contributed by atoms with Crippen LogP contribution >= 0.6 is 0 Å². The lowest BCUT2D eigenvalue weighted by atomic mass is 10.0. The number of rotatable bonds is 3. The zero-order valence-corrected chi connectivity index (χ0v) is 13.6. The summed E-state index contributed by atoms with van der Waals surface area (Å²) in [6.07, 6.45) is 3.25. The number of hydrogen-bond acceptors (Lipinski definition) is 5. The van der Waals surface area contributed by atoms with Gasteiger partial charge < -0.3 is 10.2 Å². The van der Waals surface area contributed by atoms with E-state index in [-0.39, 0.29) is 11.9 Å². The van der Waals surface area contributed by atoms with Gasteiger partial charge in [-0.15, -0.1) is 0 Å². The Morgan fingerprint density at radius 3 is 2.75 bits per heavy atom. The third-order valence-electron chi connectivity index (χ3n) is 4.16. The van der Waals surface area contributed by atoms with Crippen LogP contribution in [0.3, 0.4) is 0 Å². The fourth-order valence-electron chi connectivity index (χ4n) is 2.86.